The van der Waals surface area contributed by atoms with Crippen LogP contribution >= 0.6 is 0 Å². The van der Waals surface area contributed by atoms with E-state index in [-0.39, 0.29) is 11.7 Å². The van der Waals surface area contributed by atoms with E-state index in [1.807, 2.05) is 34.9 Å². The van der Waals surface area contributed by atoms with Gasteiger partial charge in [-0.25, -0.2) is 4.98 Å². The lowest BCUT2D eigenvalue weighted by atomic mass is 9.85. The van der Waals surface area contributed by atoms with Crippen molar-refractivity contribution in [2.24, 2.45) is 11.7 Å². The van der Waals surface area contributed by atoms with Gasteiger partial charge in [0.25, 0.3) is 0 Å². The monoisotopic (exact) mass is 425 g/mol. The second kappa shape index (κ2) is 8.55. The zero-order chi connectivity index (χ0) is 22.1. The largest absolute Gasteiger partial charge is 0.366 e. The Kier molecular flexibility index (Phi) is 5.45. The van der Waals surface area contributed by atoms with Crippen LogP contribution in [-0.2, 0) is 30.7 Å². The summed E-state index contributed by atoms with van der Waals surface area (Å²) in [5, 5.41) is 4.65. The third kappa shape index (κ3) is 3.78. The Morgan fingerprint density at radius 2 is 1.91 bits per heavy atom. The summed E-state index contributed by atoms with van der Waals surface area (Å²) in [6.07, 6.45) is 2.29. The van der Waals surface area contributed by atoms with E-state index in [0.717, 1.165) is 46.5 Å². The van der Waals surface area contributed by atoms with Gasteiger partial charge in [0, 0.05) is 35.7 Å². The van der Waals surface area contributed by atoms with Crippen molar-refractivity contribution in [3.8, 4) is 5.95 Å². The lowest BCUT2D eigenvalue weighted by Crippen LogP contribution is -2.24. The summed E-state index contributed by atoms with van der Waals surface area (Å²) in [4.78, 5) is 22.1. The number of rotatable bonds is 6. The first-order valence-corrected chi connectivity index (χ1v) is 11.1. The van der Waals surface area contributed by atoms with E-state index in [9.17, 15) is 4.79 Å². The number of benzene rings is 2. The number of hydrogen-bond acceptors (Lipinski definition) is 5. The van der Waals surface area contributed by atoms with Gasteiger partial charge < -0.3 is 11.1 Å². The molecule has 6 nitrogen and oxygen atoms in total. The highest BCUT2D eigenvalue weighted by molar-refractivity contribution is 5.83. The van der Waals surface area contributed by atoms with Gasteiger partial charge in [0.1, 0.15) is 11.6 Å². The number of nitrogens with two attached hydrogens (primary N) is 1. The van der Waals surface area contributed by atoms with Gasteiger partial charge in [-0.05, 0) is 43.9 Å². The van der Waals surface area contributed by atoms with Gasteiger partial charge in [0.15, 0.2) is 0 Å². The number of aromatic nitrogens is 3. The highest BCUT2D eigenvalue weighted by Crippen LogP contribution is 2.32. The minimum Gasteiger partial charge on any atom is -0.366 e. The zero-order valence-electron chi connectivity index (χ0n) is 18.2. The van der Waals surface area contributed by atoms with Crippen molar-refractivity contribution in [2.75, 3.05) is 5.32 Å². The maximum absolute atomic E-state index is 12.1. The molecule has 0 saturated heterocycles. The van der Waals surface area contributed by atoms with Crippen molar-refractivity contribution in [3.63, 3.8) is 0 Å². The topological polar surface area (TPSA) is 85.8 Å². The molecule has 0 saturated carbocycles. The number of para-hydroxylation sites is 1. The third-order valence-electron chi connectivity index (χ3n) is 6.34. The molecule has 0 bridgehead atoms. The van der Waals surface area contributed by atoms with Crippen molar-refractivity contribution in [3.05, 3.63) is 83.2 Å². The summed E-state index contributed by atoms with van der Waals surface area (Å²) in [7, 11) is 0. The molecule has 0 fully saturated rings. The zero-order valence-corrected chi connectivity index (χ0v) is 18.2. The second-order valence-corrected chi connectivity index (χ2v) is 8.42. The quantitative estimate of drug-likeness (QED) is 0.484. The number of ketones is 1. The molecule has 0 amide bonds. The minimum absolute atomic E-state index is 0.0163. The van der Waals surface area contributed by atoms with Crippen LogP contribution in [0.5, 0.6) is 0 Å². The van der Waals surface area contributed by atoms with Crippen LogP contribution in [0.25, 0.3) is 16.9 Å². The van der Waals surface area contributed by atoms with Crippen molar-refractivity contribution in [1.29, 1.82) is 0 Å². The number of carbonyl (C=O) groups is 1. The van der Waals surface area contributed by atoms with Crippen LogP contribution in [0.15, 0.2) is 60.7 Å². The van der Waals surface area contributed by atoms with Gasteiger partial charge in [-0.15, -0.1) is 0 Å². The molecule has 6 heteroatoms. The predicted octanol–water partition coefficient (Wildman–Crippen LogP) is 4.19. The average Bonchev–Trinajstić information content (AvgIpc) is 3.21. The fourth-order valence-electron chi connectivity index (χ4n) is 4.58. The standard InChI is InChI=1S/C26H27N5O/c1-17(32)19-11-12-22-23(14-19)29-26(30-25(22)28-16-18-7-3-2-4-8-18)31-21(15-27)13-20-9-5-6-10-24(20)31/h2-10,13,19H,11-12,14-16,27H2,1H3,(H,28,29,30). The van der Waals surface area contributed by atoms with Crippen molar-refractivity contribution in [1.82, 2.24) is 14.5 Å². The molecule has 2 heterocycles. The van der Waals surface area contributed by atoms with Crippen LogP contribution < -0.4 is 11.1 Å². The summed E-state index contributed by atoms with van der Waals surface area (Å²) >= 11 is 0. The highest BCUT2D eigenvalue weighted by Gasteiger charge is 2.27. The molecular weight excluding hydrogens is 398 g/mol. The molecule has 1 atom stereocenters. The van der Waals surface area contributed by atoms with Gasteiger partial charge in [0.05, 0.1) is 11.2 Å². The van der Waals surface area contributed by atoms with Crippen LogP contribution in [0.2, 0.25) is 0 Å². The van der Waals surface area contributed by atoms with Crippen molar-refractivity contribution < 1.29 is 4.79 Å². The fraction of sp³-hybridized carbons (Fsp3) is 0.269. The van der Waals surface area contributed by atoms with E-state index in [0.29, 0.717) is 25.5 Å². The molecule has 3 N–H and O–H groups in total. The number of Topliss-reactive ketones (excluding diaryl/α,β-unsaturated/α-hetero) is 1. The lowest BCUT2D eigenvalue weighted by Gasteiger charge is -2.25. The summed E-state index contributed by atoms with van der Waals surface area (Å²) in [6, 6.07) is 20.5. The number of hydrogen-bond donors (Lipinski definition) is 2. The molecule has 1 unspecified atom stereocenters. The van der Waals surface area contributed by atoms with Crippen LogP contribution in [0.3, 0.4) is 0 Å². The number of nitrogens with one attached hydrogen (secondary N) is 1. The van der Waals surface area contributed by atoms with Crippen LogP contribution in [0.1, 0.15) is 35.9 Å². The van der Waals surface area contributed by atoms with Gasteiger partial charge in [-0.1, -0.05) is 48.5 Å². The molecule has 162 valence electrons. The summed E-state index contributed by atoms with van der Waals surface area (Å²) in [5.74, 6) is 1.69. The normalized spacial score (nSPS) is 15.5. The smallest absolute Gasteiger partial charge is 0.236 e. The molecule has 5 rings (SSSR count). The summed E-state index contributed by atoms with van der Waals surface area (Å²) in [5.41, 5.74) is 11.3. The van der Waals surface area contributed by atoms with E-state index < -0.39 is 0 Å². The van der Waals surface area contributed by atoms with Gasteiger partial charge in [-0.2, -0.15) is 4.98 Å². The molecular formula is C26H27N5O. The van der Waals surface area contributed by atoms with Gasteiger partial charge in [0.2, 0.25) is 5.95 Å². The first-order chi connectivity index (χ1) is 15.6. The van der Waals surface area contributed by atoms with E-state index in [4.69, 9.17) is 15.7 Å². The molecule has 0 spiro atoms. The third-order valence-corrected chi connectivity index (χ3v) is 6.34. The Bertz CT molecular complexity index is 1280. The van der Waals surface area contributed by atoms with Crippen LogP contribution in [-0.4, -0.2) is 20.3 Å². The maximum atomic E-state index is 12.1. The SMILES string of the molecule is CC(=O)C1CCc2c(nc(-n3c(CN)cc4ccccc43)nc2NCc2ccccc2)C1. The van der Waals surface area contributed by atoms with E-state index in [1.54, 1.807) is 6.92 Å². The van der Waals surface area contributed by atoms with Crippen LogP contribution in [0.4, 0.5) is 5.82 Å². The molecule has 0 aliphatic heterocycles. The Morgan fingerprint density at radius 1 is 1.12 bits per heavy atom. The van der Waals surface area contributed by atoms with E-state index in [1.165, 1.54) is 5.56 Å². The Morgan fingerprint density at radius 3 is 2.69 bits per heavy atom. The average molecular weight is 426 g/mol. The Labute approximate surface area is 187 Å². The predicted molar refractivity (Wildman–Crippen MR) is 127 cm³/mol. The molecule has 1 aliphatic rings. The van der Waals surface area contributed by atoms with Crippen molar-refractivity contribution >= 4 is 22.5 Å². The number of nitrogens with zero attached hydrogens (tertiary/aromatic N) is 3. The molecule has 0 radical (unpaired) electrons. The summed E-state index contributed by atoms with van der Waals surface area (Å²) in [6.45, 7) is 2.74. The second-order valence-electron chi connectivity index (χ2n) is 8.42. The Hall–Kier alpha value is -3.51. The molecule has 2 aromatic heterocycles. The molecule has 32 heavy (non-hydrogen) atoms. The van der Waals surface area contributed by atoms with Crippen molar-refractivity contribution in [2.45, 2.75) is 39.3 Å². The molecule has 4 aromatic rings. The number of anilines is 1. The minimum atomic E-state index is 0.0163. The first-order valence-electron chi connectivity index (χ1n) is 11.1. The molecule has 2 aromatic carbocycles. The first kappa shape index (κ1) is 20.4. The number of fused-ring (bicyclic) bond motifs is 2. The van der Waals surface area contributed by atoms with E-state index in [2.05, 4.69) is 35.6 Å². The summed E-state index contributed by atoms with van der Waals surface area (Å²) < 4.78 is 2.04. The maximum Gasteiger partial charge on any atom is 0.236 e. The highest BCUT2D eigenvalue weighted by atomic mass is 16.1. The van der Waals surface area contributed by atoms with Gasteiger partial charge >= 0.3 is 0 Å². The molecule has 1 aliphatic carbocycles. The van der Waals surface area contributed by atoms with Gasteiger partial charge in [-0.3, -0.25) is 9.36 Å². The lowest BCUT2D eigenvalue weighted by molar-refractivity contribution is -0.121. The van der Waals surface area contributed by atoms with E-state index >= 15 is 0 Å². The Balaban J connectivity index is 1.62. The van der Waals surface area contributed by atoms with Crippen LogP contribution in [0, 0.1) is 5.92 Å². The fourth-order valence-corrected chi connectivity index (χ4v) is 4.58. The number of carbonyl (C=O) groups excluding carboxylic acids is 1.